The van der Waals surface area contributed by atoms with Crippen LogP contribution < -0.4 is 4.90 Å². The van der Waals surface area contributed by atoms with E-state index < -0.39 is 0 Å². The molecule has 0 aliphatic heterocycles. The number of furan rings is 1. The lowest BCUT2D eigenvalue weighted by atomic mass is 10.00. The first kappa shape index (κ1) is 27.0. The van der Waals surface area contributed by atoms with E-state index in [2.05, 4.69) is 120 Å². The Hall–Kier alpha value is -6.39. The van der Waals surface area contributed by atoms with E-state index in [-0.39, 0.29) is 0 Å². The summed E-state index contributed by atoms with van der Waals surface area (Å²) in [6, 6.07) is 58.7. The van der Waals surface area contributed by atoms with E-state index in [0.717, 1.165) is 55.6 Å². The van der Waals surface area contributed by atoms with Gasteiger partial charge in [-0.05, 0) is 76.9 Å². The van der Waals surface area contributed by atoms with Crippen LogP contribution in [0.15, 0.2) is 179 Å². The standard InChI is InChI=1S/C43H28N2O2/c1-4-11-29(12-5-1)30-19-21-31(22-20-30)32-23-25-35(26-24-32)45(34-15-8-3-9-16-34)38-17-10-18-39-42(38)36-27-37-41(28-40(36)46-39)47-43(44-37)33-13-6-2-7-14-33/h1-28H. The summed E-state index contributed by atoms with van der Waals surface area (Å²) < 4.78 is 12.6. The van der Waals surface area contributed by atoms with Crippen LogP contribution in [0.1, 0.15) is 0 Å². The highest BCUT2D eigenvalue weighted by atomic mass is 16.4. The van der Waals surface area contributed by atoms with E-state index in [1.165, 1.54) is 16.7 Å². The van der Waals surface area contributed by atoms with Crippen molar-refractivity contribution in [1.82, 2.24) is 4.98 Å². The first-order chi connectivity index (χ1) is 23.3. The van der Waals surface area contributed by atoms with Gasteiger partial charge in [0.25, 0.3) is 0 Å². The summed E-state index contributed by atoms with van der Waals surface area (Å²) in [5, 5.41) is 2.02. The first-order valence-electron chi connectivity index (χ1n) is 15.7. The molecule has 2 heterocycles. The monoisotopic (exact) mass is 604 g/mol. The Balaban J connectivity index is 1.15. The molecule has 47 heavy (non-hydrogen) atoms. The van der Waals surface area contributed by atoms with Gasteiger partial charge in [-0.25, -0.2) is 4.98 Å². The number of fused-ring (bicyclic) bond motifs is 4. The summed E-state index contributed by atoms with van der Waals surface area (Å²) in [6.45, 7) is 0. The third-order valence-electron chi connectivity index (χ3n) is 8.71. The molecule has 4 heteroatoms. The molecule has 0 N–H and O–H groups in total. The van der Waals surface area contributed by atoms with Gasteiger partial charge < -0.3 is 13.7 Å². The van der Waals surface area contributed by atoms with Crippen molar-refractivity contribution < 1.29 is 8.83 Å². The average molecular weight is 605 g/mol. The molecular formula is C43H28N2O2. The summed E-state index contributed by atoms with van der Waals surface area (Å²) in [4.78, 5) is 7.14. The van der Waals surface area contributed by atoms with Gasteiger partial charge in [0.15, 0.2) is 5.58 Å². The van der Waals surface area contributed by atoms with Gasteiger partial charge in [0, 0.05) is 28.4 Å². The van der Waals surface area contributed by atoms with Crippen LogP contribution in [0.2, 0.25) is 0 Å². The molecule has 7 aromatic carbocycles. The van der Waals surface area contributed by atoms with Crippen molar-refractivity contribution in [1.29, 1.82) is 0 Å². The first-order valence-corrected chi connectivity index (χ1v) is 15.7. The van der Waals surface area contributed by atoms with Gasteiger partial charge in [-0.3, -0.25) is 0 Å². The fraction of sp³-hybridized carbons (Fsp3) is 0. The van der Waals surface area contributed by atoms with E-state index in [9.17, 15) is 0 Å². The zero-order valence-corrected chi connectivity index (χ0v) is 25.4. The largest absolute Gasteiger partial charge is 0.456 e. The van der Waals surface area contributed by atoms with Crippen molar-refractivity contribution in [3.8, 4) is 33.7 Å². The average Bonchev–Trinajstić information content (AvgIpc) is 3.73. The number of hydrogen-bond donors (Lipinski definition) is 0. The minimum absolute atomic E-state index is 0.596. The molecule has 2 aromatic heterocycles. The lowest BCUT2D eigenvalue weighted by Gasteiger charge is -2.26. The van der Waals surface area contributed by atoms with Gasteiger partial charge in [-0.2, -0.15) is 0 Å². The van der Waals surface area contributed by atoms with Gasteiger partial charge in [0.05, 0.1) is 11.1 Å². The van der Waals surface area contributed by atoms with Crippen molar-refractivity contribution in [2.24, 2.45) is 0 Å². The van der Waals surface area contributed by atoms with Gasteiger partial charge in [-0.1, -0.05) is 109 Å². The summed E-state index contributed by atoms with van der Waals surface area (Å²) in [6.07, 6.45) is 0. The number of hydrogen-bond acceptors (Lipinski definition) is 4. The zero-order valence-electron chi connectivity index (χ0n) is 25.4. The van der Waals surface area contributed by atoms with E-state index >= 15 is 0 Å². The van der Waals surface area contributed by atoms with E-state index in [0.29, 0.717) is 11.5 Å². The SMILES string of the molecule is c1ccc(-c2ccc(-c3ccc(N(c4ccccc4)c4cccc5oc6cc7oc(-c8ccccc8)nc7cc6c45)cc3)cc2)cc1. The normalized spacial score (nSPS) is 11.4. The maximum absolute atomic E-state index is 6.44. The number of benzene rings is 7. The summed E-state index contributed by atoms with van der Waals surface area (Å²) in [7, 11) is 0. The quantitative estimate of drug-likeness (QED) is 0.189. The molecule has 0 atom stereocenters. The van der Waals surface area contributed by atoms with Crippen LogP contribution in [0, 0.1) is 0 Å². The molecule has 222 valence electrons. The van der Waals surface area contributed by atoms with Crippen LogP contribution in [-0.2, 0) is 0 Å². The molecule has 0 radical (unpaired) electrons. The summed E-state index contributed by atoms with van der Waals surface area (Å²) in [5.41, 5.74) is 11.9. The van der Waals surface area contributed by atoms with Gasteiger partial charge >= 0.3 is 0 Å². The fourth-order valence-electron chi connectivity index (χ4n) is 6.41. The molecule has 0 amide bonds. The van der Waals surface area contributed by atoms with Crippen molar-refractivity contribution in [2.45, 2.75) is 0 Å². The second kappa shape index (κ2) is 11.2. The molecule has 0 bridgehead atoms. The molecule has 0 aliphatic carbocycles. The molecule has 9 aromatic rings. The number of rotatable bonds is 6. The molecule has 0 unspecified atom stereocenters. The Labute approximate surface area is 271 Å². The smallest absolute Gasteiger partial charge is 0.227 e. The fourth-order valence-corrected chi connectivity index (χ4v) is 6.41. The van der Waals surface area contributed by atoms with Crippen molar-refractivity contribution >= 4 is 50.1 Å². The third-order valence-corrected chi connectivity index (χ3v) is 8.71. The lowest BCUT2D eigenvalue weighted by molar-refractivity contribution is 0.617. The third kappa shape index (κ3) is 4.84. The van der Waals surface area contributed by atoms with Gasteiger partial charge in [-0.15, -0.1) is 0 Å². The summed E-state index contributed by atoms with van der Waals surface area (Å²) >= 11 is 0. The Kier molecular flexibility index (Phi) is 6.43. The Morgan fingerprint density at radius 1 is 0.404 bits per heavy atom. The highest BCUT2D eigenvalue weighted by Gasteiger charge is 2.21. The molecule has 0 fully saturated rings. The van der Waals surface area contributed by atoms with E-state index in [4.69, 9.17) is 13.8 Å². The van der Waals surface area contributed by atoms with Crippen LogP contribution in [0.5, 0.6) is 0 Å². The van der Waals surface area contributed by atoms with Gasteiger partial charge in [0.2, 0.25) is 5.89 Å². The summed E-state index contributed by atoms with van der Waals surface area (Å²) in [5.74, 6) is 0.596. The van der Waals surface area contributed by atoms with E-state index in [1.807, 2.05) is 54.6 Å². The van der Waals surface area contributed by atoms with Crippen LogP contribution in [0.4, 0.5) is 17.1 Å². The Morgan fingerprint density at radius 2 is 0.957 bits per heavy atom. The number of nitrogens with zero attached hydrogens (tertiary/aromatic N) is 2. The van der Waals surface area contributed by atoms with Crippen LogP contribution >= 0.6 is 0 Å². The molecule has 0 saturated carbocycles. The Bertz CT molecular complexity index is 2480. The second-order valence-electron chi connectivity index (χ2n) is 11.6. The maximum atomic E-state index is 6.44. The maximum Gasteiger partial charge on any atom is 0.227 e. The second-order valence-corrected chi connectivity index (χ2v) is 11.6. The van der Waals surface area contributed by atoms with E-state index in [1.54, 1.807) is 0 Å². The molecule has 4 nitrogen and oxygen atoms in total. The van der Waals surface area contributed by atoms with Crippen LogP contribution in [-0.4, -0.2) is 4.98 Å². The van der Waals surface area contributed by atoms with Gasteiger partial charge in [0.1, 0.15) is 16.7 Å². The number of aromatic nitrogens is 1. The number of para-hydroxylation sites is 1. The zero-order chi connectivity index (χ0) is 31.2. The number of oxazole rings is 1. The highest BCUT2D eigenvalue weighted by Crippen LogP contribution is 2.44. The minimum Gasteiger partial charge on any atom is -0.456 e. The van der Waals surface area contributed by atoms with Crippen LogP contribution in [0.3, 0.4) is 0 Å². The molecular weight excluding hydrogens is 576 g/mol. The molecule has 0 spiro atoms. The topological polar surface area (TPSA) is 42.4 Å². The van der Waals surface area contributed by atoms with Crippen LogP contribution in [0.25, 0.3) is 66.7 Å². The molecule has 0 aliphatic rings. The lowest BCUT2D eigenvalue weighted by Crippen LogP contribution is -2.10. The number of anilines is 3. The molecule has 0 saturated heterocycles. The molecule has 9 rings (SSSR count). The van der Waals surface area contributed by atoms with Crippen molar-refractivity contribution in [3.05, 3.63) is 170 Å². The minimum atomic E-state index is 0.596. The predicted molar refractivity (Wildman–Crippen MR) is 192 cm³/mol. The highest BCUT2D eigenvalue weighted by molar-refractivity contribution is 6.15. The Morgan fingerprint density at radius 3 is 1.62 bits per heavy atom. The predicted octanol–water partition coefficient (Wildman–Crippen LogP) is 12.2. The van der Waals surface area contributed by atoms with Crippen molar-refractivity contribution in [2.75, 3.05) is 4.90 Å². The van der Waals surface area contributed by atoms with Crippen molar-refractivity contribution in [3.63, 3.8) is 0 Å².